The summed E-state index contributed by atoms with van der Waals surface area (Å²) in [6.07, 6.45) is 8.99. The van der Waals surface area contributed by atoms with E-state index in [-0.39, 0.29) is 17.6 Å². The molecule has 182 valence electrons. The summed E-state index contributed by atoms with van der Waals surface area (Å²) in [7, 11) is 1.84. The van der Waals surface area contributed by atoms with E-state index in [0.717, 1.165) is 48.8 Å². The summed E-state index contributed by atoms with van der Waals surface area (Å²) in [5.41, 5.74) is 14.1. The molecule has 0 bridgehead atoms. The molecule has 2 atom stereocenters. The van der Waals surface area contributed by atoms with Crippen molar-refractivity contribution in [1.82, 2.24) is 24.7 Å². The van der Waals surface area contributed by atoms with Crippen LogP contribution >= 0.6 is 23.4 Å². The number of halogens is 1. The maximum absolute atomic E-state index is 6.59. The van der Waals surface area contributed by atoms with E-state index in [1.165, 1.54) is 11.8 Å². The quantitative estimate of drug-likeness (QED) is 0.512. The number of piperidine rings is 1. The van der Waals surface area contributed by atoms with Crippen molar-refractivity contribution < 1.29 is 4.74 Å². The minimum Gasteiger partial charge on any atom is -0.381 e. The van der Waals surface area contributed by atoms with Crippen molar-refractivity contribution in [2.75, 3.05) is 30.3 Å². The normalized spacial score (nSPS) is 21.2. The minimum absolute atomic E-state index is 0.0560. The fourth-order valence-electron chi connectivity index (χ4n) is 4.58. The van der Waals surface area contributed by atoms with Crippen LogP contribution in [0, 0.1) is 17.3 Å². The Morgan fingerprint density at radius 3 is 2.69 bits per heavy atom. The Labute approximate surface area is 213 Å². The molecule has 5 heterocycles. The summed E-state index contributed by atoms with van der Waals surface area (Å²) < 4.78 is 7.52. The highest BCUT2D eigenvalue weighted by atomic mass is 35.5. The van der Waals surface area contributed by atoms with E-state index in [1.54, 1.807) is 23.3 Å². The number of nitrogen functional groups attached to an aromatic ring is 1. The summed E-state index contributed by atoms with van der Waals surface area (Å²) in [6, 6.07) is 1.89. The van der Waals surface area contributed by atoms with Gasteiger partial charge >= 0.3 is 0 Å². The number of nitrogens with zero attached hydrogens (tertiary/aromatic N) is 6. The van der Waals surface area contributed by atoms with E-state index in [9.17, 15) is 0 Å². The van der Waals surface area contributed by atoms with Crippen molar-refractivity contribution in [2.45, 2.75) is 41.8 Å². The van der Waals surface area contributed by atoms with Crippen LogP contribution in [-0.4, -0.2) is 56.6 Å². The van der Waals surface area contributed by atoms with Gasteiger partial charge in [0.2, 0.25) is 0 Å². The number of nitrogens with two attached hydrogens (primary N) is 2. The molecule has 0 radical (unpaired) electrons. The lowest BCUT2D eigenvalue weighted by atomic mass is 9.73. The van der Waals surface area contributed by atoms with Crippen LogP contribution in [0.3, 0.4) is 0 Å². The average Bonchev–Trinajstić information content (AvgIpc) is 3.39. The van der Waals surface area contributed by atoms with Gasteiger partial charge in [-0.05, 0) is 31.8 Å². The molecule has 2 saturated heterocycles. The van der Waals surface area contributed by atoms with Crippen molar-refractivity contribution in [2.24, 2.45) is 18.2 Å². The summed E-state index contributed by atoms with van der Waals surface area (Å²) >= 11 is 7.94. The molecule has 0 aromatic carbocycles. The maximum atomic E-state index is 6.59. The topological polar surface area (TPSA) is 121 Å². The molecule has 3 aromatic rings. The summed E-state index contributed by atoms with van der Waals surface area (Å²) in [5.74, 6) is 7.17. The second-order valence-corrected chi connectivity index (χ2v) is 10.4. The largest absolute Gasteiger partial charge is 0.381 e. The third kappa shape index (κ3) is 4.82. The van der Waals surface area contributed by atoms with E-state index < -0.39 is 0 Å². The first kappa shape index (κ1) is 23.9. The zero-order chi connectivity index (χ0) is 24.6. The Kier molecular flexibility index (Phi) is 6.59. The first-order valence-corrected chi connectivity index (χ1v) is 12.6. The van der Waals surface area contributed by atoms with Gasteiger partial charge in [0.25, 0.3) is 0 Å². The van der Waals surface area contributed by atoms with Crippen LogP contribution in [0.5, 0.6) is 0 Å². The molecule has 2 aliphatic rings. The highest BCUT2D eigenvalue weighted by Gasteiger charge is 2.47. The van der Waals surface area contributed by atoms with Crippen LogP contribution in [0.1, 0.15) is 31.0 Å². The molecule has 9 nitrogen and oxygen atoms in total. The molecular formula is C24H27ClN8OS. The van der Waals surface area contributed by atoms with Crippen LogP contribution < -0.4 is 16.4 Å². The van der Waals surface area contributed by atoms with E-state index in [0.29, 0.717) is 21.6 Å². The maximum Gasteiger partial charge on any atom is 0.158 e. The lowest BCUT2D eigenvalue weighted by molar-refractivity contribution is 0.0974. The van der Waals surface area contributed by atoms with Crippen molar-refractivity contribution in [3.8, 4) is 11.8 Å². The lowest BCUT2D eigenvalue weighted by Gasteiger charge is -2.41. The van der Waals surface area contributed by atoms with Gasteiger partial charge in [0.05, 0.1) is 35.7 Å². The molecule has 4 N–H and O–H groups in total. The van der Waals surface area contributed by atoms with Gasteiger partial charge in [0.1, 0.15) is 16.5 Å². The second kappa shape index (κ2) is 9.66. The van der Waals surface area contributed by atoms with Crippen LogP contribution in [0.2, 0.25) is 5.02 Å². The molecule has 0 saturated carbocycles. The molecule has 0 amide bonds. The zero-order valence-electron chi connectivity index (χ0n) is 19.6. The fourth-order valence-corrected chi connectivity index (χ4v) is 5.63. The third-order valence-electron chi connectivity index (χ3n) is 6.77. The molecular weight excluding hydrogens is 484 g/mol. The first-order chi connectivity index (χ1) is 16.8. The second-order valence-electron chi connectivity index (χ2n) is 9.04. The number of aromatic nitrogens is 5. The Hall–Kier alpha value is -2.84. The highest BCUT2D eigenvalue weighted by Crippen LogP contribution is 2.42. The van der Waals surface area contributed by atoms with E-state index in [1.807, 2.05) is 19.3 Å². The van der Waals surface area contributed by atoms with Crippen LogP contribution in [0.25, 0.3) is 0 Å². The molecule has 11 heteroatoms. The molecule has 0 unspecified atom stereocenters. The number of aryl methyl sites for hydroxylation is 1. The Bertz CT molecular complexity index is 1290. The fraction of sp³-hybridized carbons (Fsp3) is 0.417. The summed E-state index contributed by atoms with van der Waals surface area (Å²) in [4.78, 5) is 16.5. The molecule has 2 fully saturated rings. The third-order valence-corrected chi connectivity index (χ3v) is 8.33. The number of rotatable bonds is 3. The monoisotopic (exact) mass is 510 g/mol. The highest BCUT2D eigenvalue weighted by molar-refractivity contribution is 7.99. The molecule has 1 spiro atoms. The van der Waals surface area contributed by atoms with Gasteiger partial charge in [0, 0.05) is 48.9 Å². The number of hydrogen-bond acceptors (Lipinski definition) is 9. The van der Waals surface area contributed by atoms with Gasteiger partial charge in [-0.3, -0.25) is 4.68 Å². The molecule has 35 heavy (non-hydrogen) atoms. The van der Waals surface area contributed by atoms with Crippen molar-refractivity contribution in [3.05, 3.63) is 47.1 Å². The SMILES string of the molecule is C[C@@H]1OCC2(CCN(c3cnc(Sc4ccnc(C#Cc5cnn(C)c5)c4Cl)c(N)n3)CC2)[C@@H]1N. The molecule has 5 rings (SSSR count). The number of hydrogen-bond donors (Lipinski definition) is 2. The Morgan fingerprint density at radius 2 is 2.03 bits per heavy atom. The van der Waals surface area contributed by atoms with E-state index in [4.69, 9.17) is 27.8 Å². The summed E-state index contributed by atoms with van der Waals surface area (Å²) in [6.45, 7) is 4.48. The number of pyridine rings is 1. The van der Waals surface area contributed by atoms with Crippen molar-refractivity contribution >= 4 is 35.0 Å². The van der Waals surface area contributed by atoms with Gasteiger partial charge < -0.3 is 21.1 Å². The predicted octanol–water partition coefficient (Wildman–Crippen LogP) is 2.72. The van der Waals surface area contributed by atoms with Gasteiger partial charge in [-0.15, -0.1) is 0 Å². The standard InChI is InChI=1S/C24H27ClN8OS/c1-15-21(26)24(14-34-15)6-9-33(10-7-24)19-12-29-23(22(27)31-19)35-18-5-8-28-17(20(18)25)4-3-16-11-30-32(2)13-16/h5,8,11-13,15,21H,6-7,9-10,14,26H2,1-2H3,(H2,27,31)/t15-,21+/m0/s1. The van der Waals surface area contributed by atoms with E-state index >= 15 is 0 Å². The molecule has 0 aliphatic carbocycles. The van der Waals surface area contributed by atoms with Crippen molar-refractivity contribution in [1.29, 1.82) is 0 Å². The van der Waals surface area contributed by atoms with Crippen LogP contribution in [0.4, 0.5) is 11.6 Å². The number of ether oxygens (including phenoxy) is 1. The lowest BCUT2D eigenvalue weighted by Crippen LogP contribution is -2.50. The Morgan fingerprint density at radius 1 is 1.23 bits per heavy atom. The van der Waals surface area contributed by atoms with Crippen LogP contribution in [-0.2, 0) is 11.8 Å². The minimum atomic E-state index is 0.0560. The molecule has 2 aliphatic heterocycles. The van der Waals surface area contributed by atoms with Gasteiger partial charge in [-0.25, -0.2) is 15.0 Å². The van der Waals surface area contributed by atoms with Gasteiger partial charge in [0.15, 0.2) is 5.82 Å². The van der Waals surface area contributed by atoms with Gasteiger partial charge in [-0.1, -0.05) is 29.3 Å². The predicted molar refractivity (Wildman–Crippen MR) is 136 cm³/mol. The van der Waals surface area contributed by atoms with Crippen LogP contribution in [0.15, 0.2) is 40.8 Å². The first-order valence-electron chi connectivity index (χ1n) is 11.4. The smallest absolute Gasteiger partial charge is 0.158 e. The average molecular weight is 511 g/mol. The van der Waals surface area contributed by atoms with Gasteiger partial charge in [-0.2, -0.15) is 5.10 Å². The van der Waals surface area contributed by atoms with Crippen molar-refractivity contribution in [3.63, 3.8) is 0 Å². The zero-order valence-corrected chi connectivity index (χ0v) is 21.2. The van der Waals surface area contributed by atoms with E-state index in [2.05, 4.69) is 43.7 Å². The number of anilines is 2. The summed E-state index contributed by atoms with van der Waals surface area (Å²) in [5, 5.41) is 5.15. The molecule has 3 aromatic heterocycles. The Balaban J connectivity index is 1.28.